The predicted molar refractivity (Wildman–Crippen MR) is 148 cm³/mol. The number of aryl methyl sites for hydroxylation is 1. The van der Waals surface area contributed by atoms with E-state index in [0.717, 1.165) is 23.1 Å². The van der Waals surface area contributed by atoms with Crippen LogP contribution >= 0.6 is 11.6 Å². The molecule has 0 heterocycles. The molecular weight excluding hydrogens is 468 g/mol. The van der Waals surface area contributed by atoms with Crippen molar-refractivity contribution in [3.8, 4) is 0 Å². The molecule has 0 aliphatic rings. The summed E-state index contributed by atoms with van der Waals surface area (Å²) in [7, 11) is 0. The fourth-order valence-electron chi connectivity index (χ4n) is 4.19. The van der Waals surface area contributed by atoms with Gasteiger partial charge in [-0.15, -0.1) is 0 Å². The number of amides is 2. The second kappa shape index (κ2) is 13.8. The van der Waals surface area contributed by atoms with Crippen LogP contribution in [0.15, 0.2) is 78.9 Å². The van der Waals surface area contributed by atoms with Gasteiger partial charge in [0.05, 0.1) is 0 Å². The standard InChI is InChI=1S/C31H37ClN2O2/c1-4-20-33-31(36)29(21-25-10-6-5-7-11-25)34(22-27-12-8-9-13-28(27)32)30(35)19-16-24-14-17-26(18-15-24)23(2)3/h5-15,17-18,23,29H,4,16,19-22H2,1-3H3,(H,33,36). The van der Waals surface area contributed by atoms with Crippen molar-refractivity contribution in [1.29, 1.82) is 0 Å². The van der Waals surface area contributed by atoms with Crippen LogP contribution < -0.4 is 5.32 Å². The molecule has 36 heavy (non-hydrogen) atoms. The smallest absolute Gasteiger partial charge is 0.243 e. The Kier molecular flexibility index (Phi) is 10.6. The van der Waals surface area contributed by atoms with Gasteiger partial charge in [-0.05, 0) is 47.1 Å². The van der Waals surface area contributed by atoms with Crippen molar-refractivity contribution in [3.05, 3.63) is 106 Å². The quantitative estimate of drug-likeness (QED) is 0.303. The topological polar surface area (TPSA) is 49.4 Å². The van der Waals surface area contributed by atoms with Gasteiger partial charge in [0.1, 0.15) is 6.04 Å². The molecule has 3 aromatic rings. The molecule has 5 heteroatoms. The van der Waals surface area contributed by atoms with Gasteiger partial charge in [-0.2, -0.15) is 0 Å². The number of hydrogen-bond donors (Lipinski definition) is 1. The van der Waals surface area contributed by atoms with Gasteiger partial charge in [-0.1, -0.05) is 105 Å². The summed E-state index contributed by atoms with van der Waals surface area (Å²) in [5, 5.41) is 3.60. The highest BCUT2D eigenvalue weighted by atomic mass is 35.5. The summed E-state index contributed by atoms with van der Waals surface area (Å²) in [6.07, 6.45) is 2.20. The number of carbonyl (C=O) groups is 2. The van der Waals surface area contributed by atoms with Crippen LogP contribution in [0.4, 0.5) is 0 Å². The van der Waals surface area contributed by atoms with Crippen LogP contribution in [0.1, 0.15) is 61.8 Å². The third-order valence-corrected chi connectivity index (χ3v) is 6.76. The van der Waals surface area contributed by atoms with E-state index in [2.05, 4.69) is 43.4 Å². The minimum Gasteiger partial charge on any atom is -0.354 e. The Labute approximate surface area is 220 Å². The second-order valence-electron chi connectivity index (χ2n) is 9.51. The molecule has 0 spiro atoms. The van der Waals surface area contributed by atoms with Crippen molar-refractivity contribution in [2.75, 3.05) is 6.54 Å². The first-order chi connectivity index (χ1) is 17.4. The Morgan fingerprint density at radius 1 is 0.889 bits per heavy atom. The van der Waals surface area contributed by atoms with E-state index in [1.54, 1.807) is 4.90 Å². The highest BCUT2D eigenvalue weighted by molar-refractivity contribution is 6.31. The van der Waals surface area contributed by atoms with Crippen molar-refractivity contribution in [1.82, 2.24) is 10.2 Å². The van der Waals surface area contributed by atoms with Crippen LogP contribution in [0.3, 0.4) is 0 Å². The van der Waals surface area contributed by atoms with E-state index < -0.39 is 6.04 Å². The van der Waals surface area contributed by atoms with Gasteiger partial charge in [0.15, 0.2) is 0 Å². The minimum atomic E-state index is -0.633. The van der Waals surface area contributed by atoms with Gasteiger partial charge in [0.2, 0.25) is 11.8 Å². The van der Waals surface area contributed by atoms with Crippen LogP contribution in [0.5, 0.6) is 0 Å². The molecule has 0 fully saturated rings. The number of halogens is 1. The Morgan fingerprint density at radius 3 is 2.19 bits per heavy atom. The lowest BCUT2D eigenvalue weighted by atomic mass is 9.99. The van der Waals surface area contributed by atoms with E-state index >= 15 is 0 Å². The Hall–Kier alpha value is -3.11. The normalized spacial score (nSPS) is 11.8. The zero-order chi connectivity index (χ0) is 25.9. The molecule has 1 N–H and O–H groups in total. The molecule has 0 bridgehead atoms. The number of carbonyl (C=O) groups excluding carboxylic acids is 2. The highest BCUT2D eigenvalue weighted by Crippen LogP contribution is 2.22. The molecule has 0 aliphatic heterocycles. The van der Waals surface area contributed by atoms with Crippen LogP contribution in [0, 0.1) is 0 Å². The van der Waals surface area contributed by atoms with Crippen molar-refractivity contribution < 1.29 is 9.59 Å². The van der Waals surface area contributed by atoms with E-state index in [0.29, 0.717) is 36.7 Å². The van der Waals surface area contributed by atoms with Gasteiger partial charge in [0, 0.05) is 31.0 Å². The maximum Gasteiger partial charge on any atom is 0.243 e. The average Bonchev–Trinajstić information content (AvgIpc) is 2.89. The first-order valence-electron chi connectivity index (χ1n) is 12.8. The number of rotatable bonds is 12. The molecule has 3 aromatic carbocycles. The fraction of sp³-hybridized carbons (Fsp3) is 0.355. The van der Waals surface area contributed by atoms with Gasteiger partial charge < -0.3 is 10.2 Å². The van der Waals surface area contributed by atoms with Crippen molar-refractivity contribution in [3.63, 3.8) is 0 Å². The first-order valence-corrected chi connectivity index (χ1v) is 13.2. The molecule has 1 unspecified atom stereocenters. The molecular formula is C31H37ClN2O2. The molecule has 3 rings (SSSR count). The minimum absolute atomic E-state index is 0.0598. The molecule has 0 radical (unpaired) electrons. The van der Waals surface area contributed by atoms with E-state index in [1.807, 2.05) is 61.5 Å². The first kappa shape index (κ1) is 27.5. The highest BCUT2D eigenvalue weighted by Gasteiger charge is 2.30. The third kappa shape index (κ3) is 7.96. The van der Waals surface area contributed by atoms with Gasteiger partial charge >= 0.3 is 0 Å². The fourth-order valence-corrected chi connectivity index (χ4v) is 4.39. The third-order valence-electron chi connectivity index (χ3n) is 6.39. The lowest BCUT2D eigenvalue weighted by Crippen LogP contribution is -2.50. The number of nitrogens with zero attached hydrogens (tertiary/aromatic N) is 1. The van der Waals surface area contributed by atoms with Crippen molar-refractivity contribution in [2.45, 2.75) is 65.0 Å². The number of benzene rings is 3. The van der Waals surface area contributed by atoms with E-state index in [9.17, 15) is 9.59 Å². The molecule has 1 atom stereocenters. The summed E-state index contributed by atoms with van der Waals surface area (Å²) < 4.78 is 0. The molecule has 190 valence electrons. The maximum absolute atomic E-state index is 13.7. The molecule has 2 amide bonds. The van der Waals surface area contributed by atoms with Crippen molar-refractivity contribution in [2.24, 2.45) is 0 Å². The molecule has 0 aromatic heterocycles. The van der Waals surface area contributed by atoms with Crippen LogP contribution in [0.2, 0.25) is 5.02 Å². The molecule has 0 aliphatic carbocycles. The summed E-state index contributed by atoms with van der Waals surface area (Å²) in [5.41, 5.74) is 4.23. The van der Waals surface area contributed by atoms with Crippen molar-refractivity contribution >= 4 is 23.4 Å². The summed E-state index contributed by atoms with van der Waals surface area (Å²) >= 11 is 6.48. The molecule has 0 saturated carbocycles. The van der Waals surface area contributed by atoms with Crippen LogP contribution in [-0.4, -0.2) is 29.3 Å². The largest absolute Gasteiger partial charge is 0.354 e. The van der Waals surface area contributed by atoms with Gasteiger partial charge in [-0.25, -0.2) is 0 Å². The van der Waals surface area contributed by atoms with E-state index in [1.165, 1.54) is 5.56 Å². The van der Waals surface area contributed by atoms with Gasteiger partial charge in [-0.3, -0.25) is 9.59 Å². The SMILES string of the molecule is CCCNC(=O)C(Cc1ccccc1)N(Cc1ccccc1Cl)C(=O)CCc1ccc(C(C)C)cc1. The van der Waals surface area contributed by atoms with E-state index in [4.69, 9.17) is 11.6 Å². The zero-order valence-electron chi connectivity index (χ0n) is 21.5. The molecule has 4 nitrogen and oxygen atoms in total. The Bertz CT molecular complexity index is 1110. The van der Waals surface area contributed by atoms with Crippen LogP contribution in [-0.2, 0) is 29.0 Å². The number of hydrogen-bond acceptors (Lipinski definition) is 2. The summed E-state index contributed by atoms with van der Waals surface area (Å²) in [4.78, 5) is 28.8. The molecule has 0 saturated heterocycles. The summed E-state index contributed by atoms with van der Waals surface area (Å²) in [6, 6.07) is 25.2. The average molecular weight is 505 g/mol. The lowest BCUT2D eigenvalue weighted by Gasteiger charge is -2.32. The maximum atomic E-state index is 13.7. The zero-order valence-corrected chi connectivity index (χ0v) is 22.3. The monoisotopic (exact) mass is 504 g/mol. The Balaban J connectivity index is 1.87. The summed E-state index contributed by atoms with van der Waals surface area (Å²) in [5.74, 6) is 0.269. The second-order valence-corrected chi connectivity index (χ2v) is 9.91. The lowest BCUT2D eigenvalue weighted by molar-refractivity contribution is -0.141. The van der Waals surface area contributed by atoms with Gasteiger partial charge in [0.25, 0.3) is 0 Å². The Morgan fingerprint density at radius 2 is 1.56 bits per heavy atom. The summed E-state index contributed by atoms with van der Waals surface area (Å²) in [6.45, 7) is 7.20. The number of nitrogens with one attached hydrogen (secondary N) is 1. The van der Waals surface area contributed by atoms with Crippen LogP contribution in [0.25, 0.3) is 0 Å². The van der Waals surface area contributed by atoms with E-state index in [-0.39, 0.29) is 18.4 Å². The predicted octanol–water partition coefficient (Wildman–Crippen LogP) is 6.56.